The van der Waals surface area contributed by atoms with Gasteiger partial charge >= 0.3 is 0 Å². The number of carbonyl (C=O) groups is 2. The van der Waals surface area contributed by atoms with Gasteiger partial charge < -0.3 is 10.6 Å². The summed E-state index contributed by atoms with van der Waals surface area (Å²) >= 11 is 1.64. The Morgan fingerprint density at radius 1 is 0.963 bits per heavy atom. The maximum atomic E-state index is 12.5. The molecule has 3 aromatic rings. The van der Waals surface area contributed by atoms with Gasteiger partial charge in [0.05, 0.1) is 0 Å². The lowest BCUT2D eigenvalue weighted by molar-refractivity contribution is -0.117. The first kappa shape index (κ1) is 17.5. The van der Waals surface area contributed by atoms with Crippen LogP contribution >= 0.6 is 11.3 Å². The average Bonchev–Trinajstić information content (AvgIpc) is 3.18. The van der Waals surface area contributed by atoms with Gasteiger partial charge in [-0.05, 0) is 76.7 Å². The fraction of sp³-hybridized carbons (Fsp3) is 0.182. The SMILES string of the molecule is CC1CC1C(=O)Nc1ccc(C(=O)Nc2cccc(-c3ccsc3)c2)cc1. The molecule has 2 amide bonds. The molecule has 4 rings (SSSR count). The number of hydrogen-bond donors (Lipinski definition) is 2. The highest BCUT2D eigenvalue weighted by Crippen LogP contribution is 2.38. The van der Waals surface area contributed by atoms with Crippen LogP contribution in [0.2, 0.25) is 0 Å². The summed E-state index contributed by atoms with van der Waals surface area (Å²) < 4.78 is 0. The molecule has 2 N–H and O–H groups in total. The molecule has 2 aromatic carbocycles. The third-order valence-corrected chi connectivity index (χ3v) is 5.52. The second-order valence-electron chi connectivity index (χ2n) is 6.93. The molecule has 5 heteroatoms. The van der Waals surface area contributed by atoms with Crippen LogP contribution in [0.15, 0.2) is 65.4 Å². The van der Waals surface area contributed by atoms with E-state index < -0.39 is 0 Å². The zero-order valence-corrected chi connectivity index (χ0v) is 15.8. The molecule has 2 atom stereocenters. The number of thiophene rings is 1. The van der Waals surface area contributed by atoms with E-state index in [2.05, 4.69) is 29.0 Å². The smallest absolute Gasteiger partial charge is 0.255 e. The molecule has 4 nitrogen and oxygen atoms in total. The molecule has 1 aliphatic rings. The number of rotatable bonds is 5. The maximum absolute atomic E-state index is 12.5. The summed E-state index contributed by atoms with van der Waals surface area (Å²) in [7, 11) is 0. The van der Waals surface area contributed by atoms with Gasteiger partial charge in [0.25, 0.3) is 5.91 Å². The van der Waals surface area contributed by atoms with Crippen LogP contribution in [0.25, 0.3) is 11.1 Å². The van der Waals surface area contributed by atoms with Crippen molar-refractivity contribution in [1.82, 2.24) is 0 Å². The molecule has 1 aliphatic carbocycles. The number of amides is 2. The van der Waals surface area contributed by atoms with E-state index in [-0.39, 0.29) is 17.7 Å². The van der Waals surface area contributed by atoms with E-state index in [4.69, 9.17) is 0 Å². The Labute approximate surface area is 162 Å². The normalized spacial score (nSPS) is 18.0. The van der Waals surface area contributed by atoms with E-state index in [0.29, 0.717) is 11.5 Å². The molecule has 0 spiro atoms. The standard InChI is InChI=1S/C22H20N2O2S/c1-14-11-20(14)22(26)23-18-7-5-15(6-8-18)21(25)24-19-4-2-3-16(12-19)17-9-10-27-13-17/h2-10,12-14,20H,11H2,1H3,(H,23,26)(H,24,25). The van der Waals surface area contributed by atoms with Gasteiger partial charge in [0.15, 0.2) is 0 Å². The summed E-state index contributed by atoms with van der Waals surface area (Å²) in [6.07, 6.45) is 0.955. The van der Waals surface area contributed by atoms with Crippen molar-refractivity contribution in [2.24, 2.45) is 11.8 Å². The Kier molecular flexibility index (Phi) is 4.77. The van der Waals surface area contributed by atoms with Gasteiger partial charge in [0.2, 0.25) is 5.91 Å². The summed E-state index contributed by atoms with van der Waals surface area (Å²) in [5, 5.41) is 9.95. The van der Waals surface area contributed by atoms with Crippen molar-refractivity contribution in [2.45, 2.75) is 13.3 Å². The first-order valence-electron chi connectivity index (χ1n) is 8.95. The lowest BCUT2D eigenvalue weighted by Crippen LogP contribution is -2.15. The molecule has 27 heavy (non-hydrogen) atoms. The van der Waals surface area contributed by atoms with Crippen LogP contribution in [-0.2, 0) is 4.79 Å². The Morgan fingerprint density at radius 2 is 1.74 bits per heavy atom. The molecule has 136 valence electrons. The third-order valence-electron chi connectivity index (χ3n) is 4.84. The van der Waals surface area contributed by atoms with Gasteiger partial charge in [-0.3, -0.25) is 9.59 Å². The highest BCUT2D eigenvalue weighted by Gasteiger charge is 2.39. The molecule has 1 heterocycles. The highest BCUT2D eigenvalue weighted by molar-refractivity contribution is 7.08. The highest BCUT2D eigenvalue weighted by atomic mass is 32.1. The average molecular weight is 376 g/mol. The molecule has 1 saturated carbocycles. The quantitative estimate of drug-likeness (QED) is 0.638. The van der Waals surface area contributed by atoms with Crippen LogP contribution in [0, 0.1) is 11.8 Å². The van der Waals surface area contributed by atoms with E-state index in [9.17, 15) is 9.59 Å². The Bertz CT molecular complexity index is 964. The summed E-state index contributed by atoms with van der Waals surface area (Å²) in [6.45, 7) is 2.07. The second kappa shape index (κ2) is 7.37. The lowest BCUT2D eigenvalue weighted by atomic mass is 10.1. The van der Waals surface area contributed by atoms with Crippen molar-refractivity contribution in [3.05, 3.63) is 70.9 Å². The summed E-state index contributed by atoms with van der Waals surface area (Å²) in [4.78, 5) is 24.5. The van der Waals surface area contributed by atoms with Crippen molar-refractivity contribution in [3.63, 3.8) is 0 Å². The van der Waals surface area contributed by atoms with Gasteiger partial charge in [-0.15, -0.1) is 0 Å². The van der Waals surface area contributed by atoms with Gasteiger partial charge in [-0.25, -0.2) is 0 Å². The maximum Gasteiger partial charge on any atom is 0.255 e. The molecule has 0 saturated heterocycles. The third kappa shape index (κ3) is 4.09. The van der Waals surface area contributed by atoms with Crippen molar-refractivity contribution in [3.8, 4) is 11.1 Å². The molecular formula is C22H20N2O2S. The Balaban J connectivity index is 1.41. The van der Waals surface area contributed by atoms with E-state index in [1.807, 2.05) is 29.6 Å². The van der Waals surface area contributed by atoms with Crippen molar-refractivity contribution >= 4 is 34.5 Å². The van der Waals surface area contributed by atoms with E-state index in [1.165, 1.54) is 0 Å². The predicted octanol–water partition coefficient (Wildman–Crippen LogP) is 5.26. The summed E-state index contributed by atoms with van der Waals surface area (Å²) in [5.41, 5.74) is 4.23. The number of nitrogens with one attached hydrogen (secondary N) is 2. The zero-order valence-electron chi connectivity index (χ0n) is 14.9. The predicted molar refractivity (Wildman–Crippen MR) is 110 cm³/mol. The van der Waals surface area contributed by atoms with Crippen LogP contribution < -0.4 is 10.6 Å². The minimum atomic E-state index is -0.175. The van der Waals surface area contributed by atoms with Crippen LogP contribution in [0.4, 0.5) is 11.4 Å². The van der Waals surface area contributed by atoms with Crippen LogP contribution in [0.3, 0.4) is 0 Å². The minimum absolute atomic E-state index is 0.0601. The molecule has 0 aliphatic heterocycles. The largest absolute Gasteiger partial charge is 0.326 e. The van der Waals surface area contributed by atoms with Crippen LogP contribution in [0.5, 0.6) is 0 Å². The zero-order chi connectivity index (χ0) is 18.8. The minimum Gasteiger partial charge on any atom is -0.326 e. The first-order valence-corrected chi connectivity index (χ1v) is 9.89. The number of hydrogen-bond acceptors (Lipinski definition) is 3. The van der Waals surface area contributed by atoms with Gasteiger partial charge in [0.1, 0.15) is 0 Å². The van der Waals surface area contributed by atoms with Crippen molar-refractivity contribution < 1.29 is 9.59 Å². The number of anilines is 2. The van der Waals surface area contributed by atoms with Gasteiger partial charge in [-0.2, -0.15) is 11.3 Å². The molecule has 1 aromatic heterocycles. The van der Waals surface area contributed by atoms with E-state index in [1.54, 1.807) is 35.6 Å². The molecular weight excluding hydrogens is 356 g/mol. The fourth-order valence-electron chi connectivity index (χ4n) is 3.04. The molecule has 0 radical (unpaired) electrons. The van der Waals surface area contributed by atoms with Crippen LogP contribution in [0.1, 0.15) is 23.7 Å². The van der Waals surface area contributed by atoms with E-state index in [0.717, 1.165) is 28.9 Å². The monoisotopic (exact) mass is 376 g/mol. The first-order chi connectivity index (χ1) is 13.1. The second-order valence-corrected chi connectivity index (χ2v) is 7.71. The fourth-order valence-corrected chi connectivity index (χ4v) is 3.70. The van der Waals surface area contributed by atoms with Crippen LogP contribution in [-0.4, -0.2) is 11.8 Å². The molecule has 2 unspecified atom stereocenters. The van der Waals surface area contributed by atoms with Gasteiger partial charge in [0, 0.05) is 22.9 Å². The lowest BCUT2D eigenvalue weighted by Gasteiger charge is -2.08. The molecule has 1 fully saturated rings. The summed E-state index contributed by atoms with van der Waals surface area (Å²) in [6, 6.07) is 16.8. The van der Waals surface area contributed by atoms with Crippen molar-refractivity contribution in [1.29, 1.82) is 0 Å². The van der Waals surface area contributed by atoms with Crippen molar-refractivity contribution in [2.75, 3.05) is 10.6 Å². The Morgan fingerprint density at radius 3 is 2.41 bits per heavy atom. The number of benzene rings is 2. The van der Waals surface area contributed by atoms with E-state index >= 15 is 0 Å². The number of carbonyl (C=O) groups excluding carboxylic acids is 2. The summed E-state index contributed by atoms with van der Waals surface area (Å²) in [5.74, 6) is 0.486. The van der Waals surface area contributed by atoms with Gasteiger partial charge in [-0.1, -0.05) is 19.1 Å². The molecule has 0 bridgehead atoms. The topological polar surface area (TPSA) is 58.2 Å². The Hall–Kier alpha value is -2.92.